The fraction of sp³-hybridized carbons (Fsp3) is 0.533. The molecule has 0 aliphatic carbocycles. The number of rotatable bonds is 7. The zero-order valence-corrected chi connectivity index (χ0v) is 11.7. The van der Waals surface area contributed by atoms with Crippen LogP contribution in [0.4, 0.5) is 5.69 Å². The summed E-state index contributed by atoms with van der Waals surface area (Å²) in [7, 11) is 0. The highest BCUT2D eigenvalue weighted by Crippen LogP contribution is 2.10. The monoisotopic (exact) mass is 264 g/mol. The van der Waals surface area contributed by atoms with E-state index >= 15 is 0 Å². The van der Waals surface area contributed by atoms with Gasteiger partial charge in [0.05, 0.1) is 0 Å². The minimum Gasteiger partial charge on any atom is -0.399 e. The number of aliphatic hydroxyl groups excluding tert-OH is 1. The van der Waals surface area contributed by atoms with E-state index in [1.807, 2.05) is 38.1 Å². The average Bonchev–Trinajstić information content (AvgIpc) is 2.36. The van der Waals surface area contributed by atoms with Gasteiger partial charge in [0.15, 0.2) is 0 Å². The standard InChI is InChI=1S/C15H24N2O2/c1-11(2)14(8-9-18)17-15(19)7-6-12-4-3-5-13(16)10-12/h3-5,10-11,14,18H,6-9,16H2,1-2H3,(H,17,19). The van der Waals surface area contributed by atoms with E-state index in [0.717, 1.165) is 11.3 Å². The molecule has 0 aromatic heterocycles. The molecule has 0 spiro atoms. The van der Waals surface area contributed by atoms with E-state index in [1.54, 1.807) is 0 Å². The number of nitrogens with two attached hydrogens (primary N) is 1. The van der Waals surface area contributed by atoms with Crippen LogP contribution in [0.3, 0.4) is 0 Å². The molecule has 4 N–H and O–H groups in total. The van der Waals surface area contributed by atoms with Crippen molar-refractivity contribution in [3.05, 3.63) is 29.8 Å². The Morgan fingerprint density at radius 3 is 2.74 bits per heavy atom. The maximum atomic E-state index is 11.9. The molecule has 1 unspecified atom stereocenters. The molecule has 4 heteroatoms. The Kier molecular flexibility index (Phi) is 6.36. The summed E-state index contributed by atoms with van der Waals surface area (Å²) >= 11 is 0. The largest absolute Gasteiger partial charge is 0.399 e. The van der Waals surface area contributed by atoms with Gasteiger partial charge in [-0.3, -0.25) is 4.79 Å². The molecule has 0 saturated carbocycles. The van der Waals surface area contributed by atoms with Crippen molar-refractivity contribution in [3.8, 4) is 0 Å². The van der Waals surface area contributed by atoms with Crippen molar-refractivity contribution in [2.24, 2.45) is 5.92 Å². The summed E-state index contributed by atoms with van der Waals surface area (Å²) in [6.45, 7) is 4.18. The molecule has 106 valence electrons. The number of nitrogens with one attached hydrogen (secondary N) is 1. The third-order valence-corrected chi connectivity index (χ3v) is 3.18. The Labute approximate surface area is 115 Å². The summed E-state index contributed by atoms with van der Waals surface area (Å²) < 4.78 is 0. The van der Waals surface area contributed by atoms with Gasteiger partial charge in [-0.05, 0) is 36.5 Å². The lowest BCUT2D eigenvalue weighted by molar-refractivity contribution is -0.122. The molecule has 0 radical (unpaired) electrons. The first-order valence-electron chi connectivity index (χ1n) is 6.77. The van der Waals surface area contributed by atoms with E-state index in [0.29, 0.717) is 25.2 Å². The fourth-order valence-electron chi connectivity index (χ4n) is 2.00. The number of hydrogen-bond acceptors (Lipinski definition) is 3. The van der Waals surface area contributed by atoms with Gasteiger partial charge in [0.1, 0.15) is 0 Å². The van der Waals surface area contributed by atoms with Gasteiger partial charge in [-0.2, -0.15) is 0 Å². The third kappa shape index (κ3) is 5.75. The first-order valence-corrected chi connectivity index (χ1v) is 6.77. The first-order chi connectivity index (χ1) is 9.02. The quantitative estimate of drug-likeness (QED) is 0.656. The highest BCUT2D eigenvalue weighted by Gasteiger charge is 2.15. The molecule has 1 aromatic carbocycles. The molecular weight excluding hydrogens is 240 g/mol. The number of carbonyl (C=O) groups is 1. The van der Waals surface area contributed by atoms with Crippen LogP contribution in [0.2, 0.25) is 0 Å². The van der Waals surface area contributed by atoms with E-state index in [4.69, 9.17) is 10.8 Å². The molecule has 0 bridgehead atoms. The molecule has 0 fully saturated rings. The van der Waals surface area contributed by atoms with Gasteiger partial charge >= 0.3 is 0 Å². The van der Waals surface area contributed by atoms with Crippen LogP contribution in [-0.4, -0.2) is 23.7 Å². The topological polar surface area (TPSA) is 75.3 Å². The molecule has 0 heterocycles. The lowest BCUT2D eigenvalue weighted by atomic mass is 10.0. The molecule has 1 aromatic rings. The second-order valence-corrected chi connectivity index (χ2v) is 5.18. The highest BCUT2D eigenvalue weighted by molar-refractivity contribution is 5.76. The molecule has 1 rings (SSSR count). The number of anilines is 1. The van der Waals surface area contributed by atoms with E-state index in [1.165, 1.54) is 0 Å². The normalized spacial score (nSPS) is 12.4. The van der Waals surface area contributed by atoms with Crippen LogP contribution in [0.15, 0.2) is 24.3 Å². The molecule has 0 saturated heterocycles. The van der Waals surface area contributed by atoms with E-state index < -0.39 is 0 Å². The Hall–Kier alpha value is -1.55. The zero-order valence-electron chi connectivity index (χ0n) is 11.7. The minimum atomic E-state index is 0.0228. The van der Waals surface area contributed by atoms with Gasteiger partial charge < -0.3 is 16.2 Å². The lowest BCUT2D eigenvalue weighted by Crippen LogP contribution is -2.39. The average molecular weight is 264 g/mol. The van der Waals surface area contributed by atoms with Gasteiger partial charge in [0, 0.05) is 24.8 Å². The number of hydrogen-bond donors (Lipinski definition) is 3. The van der Waals surface area contributed by atoms with Crippen molar-refractivity contribution in [2.45, 2.75) is 39.2 Å². The first kappa shape index (κ1) is 15.5. The van der Waals surface area contributed by atoms with Crippen LogP contribution in [-0.2, 0) is 11.2 Å². The Balaban J connectivity index is 2.42. The predicted octanol–water partition coefficient (Wildman–Crippen LogP) is 1.72. The fourth-order valence-corrected chi connectivity index (χ4v) is 2.00. The summed E-state index contributed by atoms with van der Waals surface area (Å²) in [4.78, 5) is 11.9. The van der Waals surface area contributed by atoms with Crippen LogP contribution in [0.25, 0.3) is 0 Å². The molecule has 0 aliphatic heterocycles. The van der Waals surface area contributed by atoms with Crippen LogP contribution in [0.1, 0.15) is 32.3 Å². The second kappa shape index (κ2) is 7.79. The number of nitrogen functional groups attached to an aromatic ring is 1. The minimum absolute atomic E-state index is 0.0228. The summed E-state index contributed by atoms with van der Waals surface area (Å²) in [6.07, 6.45) is 1.72. The molecule has 1 amide bonds. The Morgan fingerprint density at radius 1 is 1.42 bits per heavy atom. The smallest absolute Gasteiger partial charge is 0.220 e. The predicted molar refractivity (Wildman–Crippen MR) is 77.6 cm³/mol. The number of benzene rings is 1. The van der Waals surface area contributed by atoms with Crippen LogP contribution >= 0.6 is 0 Å². The van der Waals surface area contributed by atoms with Crippen molar-refractivity contribution >= 4 is 11.6 Å². The molecule has 19 heavy (non-hydrogen) atoms. The SMILES string of the molecule is CC(C)C(CCO)NC(=O)CCc1cccc(N)c1. The Morgan fingerprint density at radius 2 is 2.16 bits per heavy atom. The van der Waals surface area contributed by atoms with Gasteiger partial charge in [0.2, 0.25) is 5.91 Å². The maximum absolute atomic E-state index is 11.9. The molecular formula is C15H24N2O2. The van der Waals surface area contributed by atoms with E-state index in [-0.39, 0.29) is 18.6 Å². The van der Waals surface area contributed by atoms with Crippen LogP contribution in [0.5, 0.6) is 0 Å². The molecule has 1 atom stereocenters. The number of aliphatic hydroxyl groups is 1. The lowest BCUT2D eigenvalue weighted by Gasteiger charge is -2.21. The van der Waals surface area contributed by atoms with E-state index in [2.05, 4.69) is 5.32 Å². The third-order valence-electron chi connectivity index (χ3n) is 3.18. The van der Waals surface area contributed by atoms with Gasteiger partial charge in [-0.25, -0.2) is 0 Å². The molecule has 4 nitrogen and oxygen atoms in total. The van der Waals surface area contributed by atoms with Crippen molar-refractivity contribution in [2.75, 3.05) is 12.3 Å². The van der Waals surface area contributed by atoms with Crippen LogP contribution in [0, 0.1) is 5.92 Å². The number of amides is 1. The number of carbonyl (C=O) groups excluding carboxylic acids is 1. The van der Waals surface area contributed by atoms with Crippen molar-refractivity contribution in [3.63, 3.8) is 0 Å². The summed E-state index contributed by atoms with van der Waals surface area (Å²) in [5, 5.41) is 11.9. The van der Waals surface area contributed by atoms with Crippen molar-refractivity contribution < 1.29 is 9.90 Å². The second-order valence-electron chi connectivity index (χ2n) is 5.18. The van der Waals surface area contributed by atoms with Gasteiger partial charge in [-0.1, -0.05) is 26.0 Å². The Bertz CT molecular complexity index is 405. The number of aryl methyl sites for hydroxylation is 1. The summed E-state index contributed by atoms with van der Waals surface area (Å²) in [5.74, 6) is 0.345. The van der Waals surface area contributed by atoms with Crippen molar-refractivity contribution in [1.29, 1.82) is 0 Å². The van der Waals surface area contributed by atoms with Crippen molar-refractivity contribution in [1.82, 2.24) is 5.32 Å². The summed E-state index contributed by atoms with van der Waals surface area (Å²) in [5.41, 5.74) is 7.49. The van der Waals surface area contributed by atoms with Crippen LogP contribution < -0.4 is 11.1 Å². The molecule has 0 aliphatic rings. The van der Waals surface area contributed by atoms with Gasteiger partial charge in [-0.15, -0.1) is 0 Å². The van der Waals surface area contributed by atoms with E-state index in [9.17, 15) is 4.79 Å². The maximum Gasteiger partial charge on any atom is 0.220 e. The summed E-state index contributed by atoms with van der Waals surface area (Å²) in [6, 6.07) is 7.63. The highest BCUT2D eigenvalue weighted by atomic mass is 16.3. The zero-order chi connectivity index (χ0) is 14.3. The van der Waals surface area contributed by atoms with Gasteiger partial charge in [0.25, 0.3) is 0 Å².